The first-order valence-corrected chi connectivity index (χ1v) is 20.3. The lowest BCUT2D eigenvalue weighted by Crippen LogP contribution is -2.38. The molecule has 11 nitrogen and oxygen atoms in total. The van der Waals surface area contributed by atoms with E-state index in [0.717, 1.165) is 60.0 Å². The number of nitrogens with zero attached hydrogens (tertiary/aromatic N) is 2. The number of aromatic hydroxyl groups is 1. The maximum Gasteiger partial charge on any atom is 0.347 e. The Hall–Kier alpha value is -4.15. The van der Waals surface area contributed by atoms with Crippen molar-refractivity contribution in [2.24, 2.45) is 0 Å². The average Bonchev–Trinajstić information content (AvgIpc) is 3.93. The molecule has 14 heteroatoms. The second-order valence-corrected chi connectivity index (χ2v) is 16.6. The largest absolute Gasteiger partial charge is 0.506 e. The van der Waals surface area contributed by atoms with Crippen LogP contribution in [0.1, 0.15) is 70.6 Å². The maximum absolute atomic E-state index is 13.0. The van der Waals surface area contributed by atoms with Crippen molar-refractivity contribution in [3.05, 3.63) is 118 Å². The third-order valence-electron chi connectivity index (χ3n) is 10.5. The van der Waals surface area contributed by atoms with Gasteiger partial charge in [0.05, 0.1) is 31.6 Å². The topological polar surface area (TPSA) is 168 Å². The van der Waals surface area contributed by atoms with Gasteiger partial charge in [0.15, 0.2) is 0 Å². The van der Waals surface area contributed by atoms with E-state index in [0.29, 0.717) is 45.4 Å². The van der Waals surface area contributed by atoms with E-state index in [1.807, 2.05) is 34.2 Å². The lowest BCUT2D eigenvalue weighted by atomic mass is 9.79. The molecule has 0 amide bonds. The summed E-state index contributed by atoms with van der Waals surface area (Å²) < 4.78 is 2.76. The fourth-order valence-electron chi connectivity index (χ4n) is 7.67. The molecule has 4 aromatic heterocycles. The second kappa shape index (κ2) is 15.7. The van der Waals surface area contributed by atoms with Gasteiger partial charge < -0.3 is 35.6 Å². The van der Waals surface area contributed by atoms with Crippen molar-refractivity contribution in [2.45, 2.75) is 68.9 Å². The molecule has 0 saturated heterocycles. The quantitative estimate of drug-likeness (QED) is 0.0787. The van der Waals surface area contributed by atoms with Crippen LogP contribution >= 0.6 is 34.0 Å². The number of hydrogen-bond donors (Lipinski definition) is 6. The van der Waals surface area contributed by atoms with Crippen molar-refractivity contribution in [3.63, 3.8) is 0 Å². The number of aliphatic hydroxyl groups excluding tert-OH is 1. The smallest absolute Gasteiger partial charge is 0.347 e. The summed E-state index contributed by atoms with van der Waals surface area (Å²) in [6, 6.07) is 17.9. The summed E-state index contributed by atoms with van der Waals surface area (Å²) in [5.74, 6) is -1.11. The number of aliphatic hydroxyl groups is 2. The zero-order valence-corrected chi connectivity index (χ0v) is 31.6. The highest BCUT2D eigenvalue weighted by molar-refractivity contribution is 7.16. The summed E-state index contributed by atoms with van der Waals surface area (Å²) >= 11 is 3.80. The van der Waals surface area contributed by atoms with Crippen molar-refractivity contribution >= 4 is 61.1 Å². The van der Waals surface area contributed by atoms with Crippen molar-refractivity contribution in [3.8, 4) is 5.75 Å². The minimum Gasteiger partial charge on any atom is -0.506 e. The Balaban J connectivity index is 0.909. The van der Waals surface area contributed by atoms with Crippen LogP contribution in [0.5, 0.6) is 5.75 Å². The fourth-order valence-corrected chi connectivity index (χ4v) is 10.6. The molecule has 1 fully saturated rings. The number of thiophene rings is 2. The Morgan fingerprint density at radius 2 is 1.87 bits per heavy atom. The lowest BCUT2D eigenvalue weighted by molar-refractivity contribution is -0.154. The summed E-state index contributed by atoms with van der Waals surface area (Å²) in [4.78, 5) is 43.1. The van der Waals surface area contributed by atoms with Crippen molar-refractivity contribution in [2.75, 3.05) is 20.1 Å². The number of carboxylic acid groups (broad SMARTS) is 1. The zero-order valence-electron chi connectivity index (χ0n) is 29.2. The number of rotatable bonds is 14. The Labute approximate surface area is 317 Å². The van der Waals surface area contributed by atoms with Gasteiger partial charge in [0, 0.05) is 37.1 Å². The van der Waals surface area contributed by atoms with Crippen LogP contribution in [-0.4, -0.2) is 67.0 Å². The minimum atomic E-state index is -2.03. The van der Waals surface area contributed by atoms with Gasteiger partial charge in [0.25, 0.3) is 0 Å². The number of pyridine rings is 1. The van der Waals surface area contributed by atoms with Crippen LogP contribution in [0.4, 0.5) is 0 Å². The fraction of sp³-hybridized carbons (Fsp3) is 0.359. The van der Waals surface area contributed by atoms with Gasteiger partial charge in [-0.25, -0.2) is 4.79 Å². The first kappa shape index (κ1) is 37.2. The molecule has 1 aliphatic rings. The number of hydrogen-bond acceptors (Lipinski definition) is 11. The van der Waals surface area contributed by atoms with Crippen LogP contribution in [0, 0.1) is 0 Å². The molecule has 2 atom stereocenters. The number of carbonyl (C=O) groups is 1. The monoisotopic (exact) mass is 774 g/mol. The lowest BCUT2D eigenvalue weighted by Gasteiger charge is -2.35. The maximum atomic E-state index is 13.0. The van der Waals surface area contributed by atoms with E-state index >= 15 is 0 Å². The van der Waals surface area contributed by atoms with Crippen molar-refractivity contribution in [1.29, 1.82) is 0 Å². The van der Waals surface area contributed by atoms with Gasteiger partial charge in [0.2, 0.25) is 11.2 Å². The van der Waals surface area contributed by atoms with Crippen LogP contribution < -0.4 is 15.7 Å². The molecule has 0 bridgehead atoms. The molecule has 53 heavy (non-hydrogen) atoms. The number of benzene rings is 2. The first-order valence-electron chi connectivity index (χ1n) is 17.7. The normalized spacial score (nSPS) is 18.1. The third-order valence-corrected chi connectivity index (χ3v) is 13.5. The summed E-state index contributed by atoms with van der Waals surface area (Å²) in [5, 5.41) is 50.1. The molecular weight excluding hydrogens is 733 g/mol. The number of aromatic amines is 1. The van der Waals surface area contributed by atoms with E-state index < -0.39 is 17.7 Å². The van der Waals surface area contributed by atoms with Gasteiger partial charge in [-0.15, -0.1) is 22.7 Å². The zero-order chi connectivity index (χ0) is 37.3. The van der Waals surface area contributed by atoms with Crippen molar-refractivity contribution in [1.82, 2.24) is 19.8 Å². The Bertz CT molecular complexity index is 2340. The van der Waals surface area contributed by atoms with Crippen LogP contribution in [0.3, 0.4) is 0 Å². The highest BCUT2D eigenvalue weighted by atomic mass is 32.1. The molecule has 6 aromatic rings. The number of H-pyrrole nitrogens is 1. The van der Waals surface area contributed by atoms with E-state index in [9.17, 15) is 34.8 Å². The highest BCUT2D eigenvalue weighted by Crippen LogP contribution is 2.44. The second-order valence-electron chi connectivity index (χ2n) is 13.8. The number of nitrogens with one attached hydrogen (secondary N) is 2. The van der Waals surface area contributed by atoms with E-state index in [1.165, 1.54) is 46.1 Å². The molecule has 0 radical (unpaired) electrons. The van der Waals surface area contributed by atoms with Crippen LogP contribution in [-0.2, 0) is 23.5 Å². The summed E-state index contributed by atoms with van der Waals surface area (Å²) in [6.45, 7) is 2.20. The summed E-state index contributed by atoms with van der Waals surface area (Å²) in [7, 11) is 2.14. The predicted molar refractivity (Wildman–Crippen MR) is 211 cm³/mol. The predicted octanol–water partition coefficient (Wildman–Crippen LogP) is 5.93. The molecule has 2 aromatic carbocycles. The van der Waals surface area contributed by atoms with Gasteiger partial charge in [-0.1, -0.05) is 29.5 Å². The molecule has 278 valence electrons. The number of fused-ring (bicyclic) bond motifs is 2. The Kier molecular flexibility index (Phi) is 11.0. The van der Waals surface area contributed by atoms with Crippen LogP contribution in [0.25, 0.3) is 21.1 Å². The molecule has 1 saturated carbocycles. The average molecular weight is 775 g/mol. The first-order chi connectivity index (χ1) is 25.5. The standard InChI is InChI=1S/C39H42N4O7S3/c1-42(25-8-6-24(7-9-25)26-15-19-52-36(26)39(50,37(47)48)33-4-2-18-51-33)16-3-17-43-29-12-5-23(20-32(29)53-38(43)49)21-40-22-31(45)27-10-13-30(44)35-28(27)11-14-34(46)41-35/h2,4-5,10-15,18-20,24-25,31,40,44-45,50H,3,6-9,16-17,21-22H2,1H3,(H,41,46)(H,47,48)/t24?,25?,31-,39?/m0/s1. The molecule has 0 aliphatic heterocycles. The molecule has 1 aliphatic carbocycles. The number of thiazole rings is 1. The van der Waals surface area contributed by atoms with Gasteiger partial charge >= 0.3 is 10.8 Å². The van der Waals surface area contributed by atoms with E-state index in [1.54, 1.807) is 29.6 Å². The summed E-state index contributed by atoms with van der Waals surface area (Å²) in [5.41, 5.74) is 1.36. The van der Waals surface area contributed by atoms with Crippen molar-refractivity contribution < 1.29 is 25.2 Å². The minimum absolute atomic E-state index is 0.0105. The summed E-state index contributed by atoms with van der Waals surface area (Å²) in [6.07, 6.45) is 3.74. The number of phenolic OH excluding ortho intramolecular Hbond substituents is 1. The van der Waals surface area contributed by atoms with Gasteiger partial charge in [-0.2, -0.15) is 0 Å². The molecule has 4 heterocycles. The molecule has 0 spiro atoms. The Morgan fingerprint density at radius 3 is 2.62 bits per heavy atom. The van der Waals surface area contributed by atoms with Gasteiger partial charge in [-0.3, -0.25) is 14.2 Å². The van der Waals surface area contributed by atoms with E-state index in [4.69, 9.17) is 0 Å². The van der Waals surface area contributed by atoms with Crippen LogP contribution in [0.15, 0.2) is 81.0 Å². The third kappa shape index (κ3) is 7.49. The number of phenols is 1. The highest BCUT2D eigenvalue weighted by Gasteiger charge is 2.45. The number of aryl methyl sites for hydroxylation is 1. The molecule has 6 N–H and O–H groups in total. The van der Waals surface area contributed by atoms with Crippen LogP contribution in [0.2, 0.25) is 0 Å². The van der Waals surface area contributed by atoms with E-state index in [-0.39, 0.29) is 28.6 Å². The SMILES string of the molecule is CN(CCCn1c(=O)sc2cc(CNC[C@H](O)c3ccc(O)c4[nH]c(=O)ccc34)ccc21)C1CCC(c2ccsc2C(O)(C(=O)O)c2cccs2)CC1. The van der Waals surface area contributed by atoms with Gasteiger partial charge in [0.1, 0.15) is 5.75 Å². The number of carboxylic acids is 1. The van der Waals surface area contributed by atoms with E-state index in [2.05, 4.69) is 22.2 Å². The van der Waals surface area contributed by atoms with Gasteiger partial charge in [-0.05, 0) is 115 Å². The number of aromatic nitrogens is 2. The number of aliphatic carboxylic acids is 1. The molecule has 7 rings (SSSR count). The molecular formula is C39H42N4O7S3. The molecule has 1 unspecified atom stereocenters. The Morgan fingerprint density at radius 1 is 1.06 bits per heavy atom.